The quantitative estimate of drug-likeness (QED) is 0.371. The summed E-state index contributed by atoms with van der Waals surface area (Å²) in [5, 5.41) is 0.761. The predicted molar refractivity (Wildman–Crippen MR) is 152 cm³/mol. The maximum absolute atomic E-state index is 13.7. The molecule has 5 rings (SSSR count). The van der Waals surface area contributed by atoms with Gasteiger partial charge in [-0.25, -0.2) is 4.79 Å². The number of likely N-dealkylation sites (tertiary alicyclic amines) is 2. The molecule has 2 aliphatic carbocycles. The van der Waals surface area contributed by atoms with Crippen LogP contribution in [0.15, 0.2) is 18.2 Å². The summed E-state index contributed by atoms with van der Waals surface area (Å²) < 4.78 is 44.9. The van der Waals surface area contributed by atoms with E-state index < -0.39 is 30.3 Å². The third-order valence-electron chi connectivity index (χ3n) is 9.81. The van der Waals surface area contributed by atoms with Crippen molar-refractivity contribution in [1.29, 1.82) is 0 Å². The van der Waals surface area contributed by atoms with Crippen molar-refractivity contribution in [2.24, 2.45) is 17.3 Å². The van der Waals surface area contributed by atoms with Crippen LogP contribution in [0.3, 0.4) is 0 Å². The summed E-state index contributed by atoms with van der Waals surface area (Å²) in [5.41, 5.74) is 0.594. The lowest BCUT2D eigenvalue weighted by Crippen LogP contribution is -2.47. The first-order valence-corrected chi connectivity index (χ1v) is 15.6. The minimum atomic E-state index is -4.24. The van der Waals surface area contributed by atoms with Crippen LogP contribution in [0.1, 0.15) is 69.8 Å². The number of nitrogens with zero attached hydrogens (tertiary/aromatic N) is 3. The van der Waals surface area contributed by atoms with Gasteiger partial charge >= 0.3 is 12.3 Å². The Morgan fingerprint density at radius 1 is 0.952 bits per heavy atom. The van der Waals surface area contributed by atoms with E-state index in [-0.39, 0.29) is 61.3 Å². The van der Waals surface area contributed by atoms with Crippen molar-refractivity contribution < 1.29 is 32.3 Å². The number of benzene rings is 1. The van der Waals surface area contributed by atoms with Crippen molar-refractivity contribution in [1.82, 2.24) is 14.7 Å². The topological polar surface area (TPSA) is 70.2 Å². The van der Waals surface area contributed by atoms with Gasteiger partial charge in [0.25, 0.3) is 0 Å². The van der Waals surface area contributed by atoms with Gasteiger partial charge in [-0.05, 0) is 69.1 Å². The second-order valence-electron chi connectivity index (χ2n) is 12.7. The van der Waals surface area contributed by atoms with Gasteiger partial charge in [-0.3, -0.25) is 9.59 Å². The van der Waals surface area contributed by atoms with Gasteiger partial charge in [-0.15, -0.1) is 0 Å². The molecule has 12 heteroatoms. The third kappa shape index (κ3) is 6.64. The molecule has 4 fully saturated rings. The highest BCUT2D eigenvalue weighted by Gasteiger charge is 2.49. The van der Waals surface area contributed by atoms with Crippen molar-refractivity contribution in [3.8, 4) is 0 Å². The van der Waals surface area contributed by atoms with Gasteiger partial charge in [-0.1, -0.05) is 36.2 Å². The summed E-state index contributed by atoms with van der Waals surface area (Å²) in [6.07, 6.45) is -2.21. The lowest BCUT2D eigenvalue weighted by atomic mass is 9.87. The maximum Gasteiger partial charge on any atom is 0.410 e. The standard InChI is InChI=1S/C30H38Cl2F3N3O4/c1-29(11-12-29)27(40)37-13-9-18(10-14-37)26(39)38-16-22(19-3-8-23(31)24(32)15-19)25(17-38)36(2)28(41)42-21-6-4-20(5-7-21)30(33,34)35/h3,8,15,18,20-22,25H,4-7,9-14,16-17H2,1-2H3/t20?,21?,22-,25-/m0/s1. The summed E-state index contributed by atoms with van der Waals surface area (Å²) in [7, 11) is 1.61. The molecule has 2 saturated carbocycles. The Morgan fingerprint density at radius 2 is 1.60 bits per heavy atom. The van der Waals surface area contributed by atoms with Crippen LogP contribution in [0.2, 0.25) is 10.0 Å². The fraction of sp³-hybridized carbons (Fsp3) is 0.700. The molecule has 3 amide bonds. The second-order valence-corrected chi connectivity index (χ2v) is 13.5. The number of likely N-dealkylation sites (N-methyl/N-ethyl adjacent to an activating group) is 1. The number of piperidine rings is 1. The highest BCUT2D eigenvalue weighted by Crippen LogP contribution is 2.47. The van der Waals surface area contributed by atoms with Crippen molar-refractivity contribution in [2.75, 3.05) is 33.2 Å². The van der Waals surface area contributed by atoms with Gasteiger partial charge in [0.05, 0.1) is 22.0 Å². The van der Waals surface area contributed by atoms with Gasteiger partial charge in [0, 0.05) is 50.5 Å². The predicted octanol–water partition coefficient (Wildman–Crippen LogP) is 6.52. The summed E-state index contributed by atoms with van der Waals surface area (Å²) in [4.78, 5) is 44.8. The van der Waals surface area contributed by atoms with E-state index in [1.165, 1.54) is 4.90 Å². The summed E-state index contributed by atoms with van der Waals surface area (Å²) in [5.74, 6) is -1.66. The Morgan fingerprint density at radius 3 is 2.17 bits per heavy atom. The lowest BCUT2D eigenvalue weighted by Gasteiger charge is -2.35. The molecule has 4 aliphatic rings. The van der Waals surface area contributed by atoms with Crippen LogP contribution >= 0.6 is 23.2 Å². The first-order chi connectivity index (χ1) is 19.8. The van der Waals surface area contributed by atoms with Crippen LogP contribution in [0, 0.1) is 17.3 Å². The van der Waals surface area contributed by atoms with Gasteiger partial charge in [0.15, 0.2) is 0 Å². The van der Waals surface area contributed by atoms with Crippen LogP contribution in [0.25, 0.3) is 0 Å². The molecule has 0 radical (unpaired) electrons. The van der Waals surface area contributed by atoms with Gasteiger partial charge in [0.1, 0.15) is 6.10 Å². The minimum absolute atomic E-state index is 0.000432. The average molecular weight is 633 g/mol. The zero-order chi connectivity index (χ0) is 30.4. The van der Waals surface area contributed by atoms with E-state index in [1.807, 2.05) is 17.9 Å². The zero-order valence-electron chi connectivity index (χ0n) is 24.0. The molecule has 42 heavy (non-hydrogen) atoms. The number of alkyl halides is 3. The minimum Gasteiger partial charge on any atom is -0.446 e. The van der Waals surface area contributed by atoms with Crippen molar-refractivity contribution in [3.05, 3.63) is 33.8 Å². The Hall–Kier alpha value is -2.20. The van der Waals surface area contributed by atoms with Gasteiger partial charge in [0.2, 0.25) is 11.8 Å². The third-order valence-corrected chi connectivity index (χ3v) is 10.5. The number of rotatable bonds is 5. The first-order valence-electron chi connectivity index (χ1n) is 14.8. The molecular weight excluding hydrogens is 594 g/mol. The molecule has 0 spiro atoms. The molecule has 1 aromatic rings. The van der Waals surface area contributed by atoms with Gasteiger partial charge in [-0.2, -0.15) is 13.2 Å². The van der Waals surface area contributed by atoms with Crippen molar-refractivity contribution in [3.63, 3.8) is 0 Å². The summed E-state index contributed by atoms with van der Waals surface area (Å²) in [6.45, 7) is 3.76. The molecule has 0 aromatic heterocycles. The fourth-order valence-electron chi connectivity index (χ4n) is 6.67. The molecule has 2 atom stereocenters. The van der Waals surface area contributed by atoms with E-state index in [1.54, 1.807) is 24.1 Å². The fourth-order valence-corrected chi connectivity index (χ4v) is 6.98. The normalized spacial score (nSPS) is 28.0. The highest BCUT2D eigenvalue weighted by atomic mass is 35.5. The summed E-state index contributed by atoms with van der Waals surface area (Å²) in [6, 6.07) is 4.84. The lowest BCUT2D eigenvalue weighted by molar-refractivity contribution is -0.186. The van der Waals surface area contributed by atoms with E-state index in [0.717, 1.165) is 18.4 Å². The molecule has 232 valence electrons. The van der Waals surface area contributed by atoms with E-state index in [0.29, 0.717) is 42.5 Å². The number of amides is 3. The summed E-state index contributed by atoms with van der Waals surface area (Å²) >= 11 is 12.5. The molecule has 1 aromatic carbocycles. The van der Waals surface area contributed by atoms with Crippen molar-refractivity contribution in [2.45, 2.75) is 82.5 Å². The van der Waals surface area contributed by atoms with E-state index >= 15 is 0 Å². The zero-order valence-corrected chi connectivity index (χ0v) is 25.5. The van der Waals surface area contributed by atoms with Crippen LogP contribution in [0.5, 0.6) is 0 Å². The SMILES string of the molecule is CN(C(=O)OC1CCC(C(F)(F)F)CC1)[C@H]1CN(C(=O)C2CCN(C(=O)C3(C)CC3)CC2)C[C@H]1c1ccc(Cl)c(Cl)c1. The monoisotopic (exact) mass is 631 g/mol. The van der Waals surface area contributed by atoms with Crippen LogP contribution in [0.4, 0.5) is 18.0 Å². The van der Waals surface area contributed by atoms with Crippen molar-refractivity contribution >= 4 is 41.1 Å². The number of ether oxygens (including phenoxy) is 1. The molecular formula is C30H38Cl2F3N3O4. The molecule has 0 N–H and O–H groups in total. The Bertz CT molecular complexity index is 1190. The van der Waals surface area contributed by atoms with Crippen LogP contribution in [-0.4, -0.2) is 84.2 Å². The molecule has 2 saturated heterocycles. The molecule has 2 heterocycles. The number of halogens is 5. The Labute approximate surface area is 254 Å². The van der Waals surface area contributed by atoms with Gasteiger partial charge < -0.3 is 19.4 Å². The van der Waals surface area contributed by atoms with Crippen LogP contribution in [-0.2, 0) is 14.3 Å². The second kappa shape index (κ2) is 12.1. The number of hydrogen-bond acceptors (Lipinski definition) is 4. The first kappa shape index (κ1) is 31.2. The molecule has 0 bridgehead atoms. The molecule has 0 unspecified atom stereocenters. The largest absolute Gasteiger partial charge is 0.446 e. The smallest absolute Gasteiger partial charge is 0.410 e. The Balaban J connectivity index is 1.25. The molecule has 2 aliphatic heterocycles. The van der Waals surface area contributed by atoms with E-state index in [9.17, 15) is 27.6 Å². The van der Waals surface area contributed by atoms with Crippen LogP contribution < -0.4 is 0 Å². The molecule has 7 nitrogen and oxygen atoms in total. The Kier molecular flexibility index (Phi) is 8.97. The van der Waals surface area contributed by atoms with E-state index in [4.69, 9.17) is 27.9 Å². The highest BCUT2D eigenvalue weighted by molar-refractivity contribution is 6.42. The number of hydrogen-bond donors (Lipinski definition) is 0. The number of carbonyl (C=O) groups is 3. The average Bonchev–Trinajstić information content (AvgIpc) is 3.56. The number of carbonyl (C=O) groups excluding carboxylic acids is 3. The maximum atomic E-state index is 13.7. The van der Waals surface area contributed by atoms with E-state index in [2.05, 4.69) is 0 Å².